The number of nitrogens with zero attached hydrogens (tertiary/aromatic N) is 2. The summed E-state index contributed by atoms with van der Waals surface area (Å²) in [5, 5.41) is 1.48. The van der Waals surface area contributed by atoms with Crippen LogP contribution >= 0.6 is 0 Å². The van der Waals surface area contributed by atoms with Crippen molar-refractivity contribution in [3.8, 4) is 0 Å². The van der Waals surface area contributed by atoms with Crippen LogP contribution in [0.3, 0.4) is 0 Å². The van der Waals surface area contributed by atoms with Crippen molar-refractivity contribution in [2.45, 2.75) is 12.5 Å². The van der Waals surface area contributed by atoms with E-state index in [9.17, 15) is 13.2 Å². The molecule has 0 bridgehead atoms. The number of halogens is 3. The van der Waals surface area contributed by atoms with Crippen LogP contribution in [0, 0.1) is 17.5 Å². The lowest BCUT2D eigenvalue weighted by Gasteiger charge is -2.14. The smallest absolute Gasteiger partial charge is 0.159 e. The third-order valence-corrected chi connectivity index (χ3v) is 3.61. The van der Waals surface area contributed by atoms with Crippen LogP contribution in [0.1, 0.15) is 17.2 Å². The molecule has 6 heteroatoms. The molecule has 2 aromatic rings. The standard InChI is InChI=1S/C16H14F3N3/c17-12-4-2-11(3-5-12)15-9-22(20)16(21-15)8-10-1-6-13(18)14(19)7-10/h1-7,15H,8-9,20H2. The van der Waals surface area contributed by atoms with Crippen molar-refractivity contribution in [3.05, 3.63) is 71.0 Å². The Morgan fingerprint density at radius 1 is 1.05 bits per heavy atom. The van der Waals surface area contributed by atoms with Crippen molar-refractivity contribution in [2.75, 3.05) is 6.54 Å². The Kier molecular flexibility index (Phi) is 3.85. The van der Waals surface area contributed by atoms with Crippen molar-refractivity contribution in [2.24, 2.45) is 10.8 Å². The van der Waals surface area contributed by atoms with Gasteiger partial charge in [0.2, 0.25) is 0 Å². The van der Waals surface area contributed by atoms with Crippen LogP contribution < -0.4 is 5.84 Å². The molecule has 1 heterocycles. The summed E-state index contributed by atoms with van der Waals surface area (Å²) in [5.41, 5.74) is 1.45. The molecule has 0 spiro atoms. The summed E-state index contributed by atoms with van der Waals surface area (Å²) in [6, 6.07) is 9.61. The Morgan fingerprint density at radius 3 is 2.45 bits per heavy atom. The van der Waals surface area contributed by atoms with Crippen molar-refractivity contribution in [1.82, 2.24) is 5.01 Å². The highest BCUT2D eigenvalue weighted by Crippen LogP contribution is 2.24. The molecule has 0 saturated heterocycles. The van der Waals surface area contributed by atoms with Gasteiger partial charge in [-0.05, 0) is 35.4 Å². The number of hydrogen-bond acceptors (Lipinski definition) is 3. The maximum Gasteiger partial charge on any atom is 0.159 e. The average Bonchev–Trinajstić information content (AvgIpc) is 2.85. The van der Waals surface area contributed by atoms with E-state index in [4.69, 9.17) is 5.84 Å². The maximum atomic E-state index is 13.2. The predicted molar refractivity (Wildman–Crippen MR) is 77.5 cm³/mol. The first kappa shape index (κ1) is 14.6. The van der Waals surface area contributed by atoms with Crippen LogP contribution in [-0.4, -0.2) is 17.4 Å². The second-order valence-electron chi connectivity index (χ2n) is 5.19. The monoisotopic (exact) mass is 305 g/mol. The van der Waals surface area contributed by atoms with Crippen molar-refractivity contribution in [1.29, 1.82) is 0 Å². The van der Waals surface area contributed by atoms with Gasteiger partial charge in [-0.1, -0.05) is 18.2 Å². The Balaban J connectivity index is 1.79. The zero-order valence-corrected chi connectivity index (χ0v) is 11.6. The van der Waals surface area contributed by atoms with E-state index in [-0.39, 0.29) is 11.9 Å². The highest BCUT2D eigenvalue weighted by molar-refractivity contribution is 5.85. The Bertz CT molecular complexity index is 713. The van der Waals surface area contributed by atoms with Gasteiger partial charge in [-0.25, -0.2) is 19.0 Å². The van der Waals surface area contributed by atoms with E-state index >= 15 is 0 Å². The molecular formula is C16H14F3N3. The molecule has 3 nitrogen and oxygen atoms in total. The van der Waals surface area contributed by atoms with Crippen LogP contribution in [-0.2, 0) is 6.42 Å². The fraction of sp³-hybridized carbons (Fsp3) is 0.188. The number of aliphatic imine (C=N–C) groups is 1. The van der Waals surface area contributed by atoms with Gasteiger partial charge in [0.05, 0.1) is 12.6 Å². The van der Waals surface area contributed by atoms with Gasteiger partial charge in [-0.2, -0.15) is 0 Å². The van der Waals surface area contributed by atoms with Gasteiger partial charge < -0.3 is 0 Å². The molecule has 0 aromatic heterocycles. The molecule has 22 heavy (non-hydrogen) atoms. The number of amidine groups is 1. The van der Waals surface area contributed by atoms with Gasteiger partial charge in [0.1, 0.15) is 11.7 Å². The molecule has 0 aliphatic carbocycles. The SMILES string of the molecule is NN1CC(c2ccc(F)cc2)N=C1Cc1ccc(F)c(F)c1. The number of hydrazine groups is 1. The van der Waals surface area contributed by atoms with Gasteiger partial charge in [-0.3, -0.25) is 10.0 Å². The molecule has 1 unspecified atom stereocenters. The molecule has 1 atom stereocenters. The van der Waals surface area contributed by atoms with Crippen LogP contribution in [0.2, 0.25) is 0 Å². The molecule has 2 aromatic carbocycles. The van der Waals surface area contributed by atoms with Gasteiger partial charge in [0.15, 0.2) is 11.6 Å². The van der Waals surface area contributed by atoms with Crippen LogP contribution in [0.15, 0.2) is 47.5 Å². The second kappa shape index (κ2) is 5.81. The van der Waals surface area contributed by atoms with Crippen LogP contribution in [0.25, 0.3) is 0 Å². The zero-order chi connectivity index (χ0) is 15.7. The largest absolute Gasteiger partial charge is 0.296 e. The van der Waals surface area contributed by atoms with Gasteiger partial charge in [0, 0.05) is 6.42 Å². The van der Waals surface area contributed by atoms with E-state index in [2.05, 4.69) is 4.99 Å². The van der Waals surface area contributed by atoms with E-state index < -0.39 is 11.6 Å². The number of benzene rings is 2. The minimum absolute atomic E-state index is 0.189. The first-order chi connectivity index (χ1) is 10.5. The molecule has 2 N–H and O–H groups in total. The van der Waals surface area contributed by atoms with Crippen molar-refractivity contribution >= 4 is 5.84 Å². The Morgan fingerprint density at radius 2 is 1.77 bits per heavy atom. The van der Waals surface area contributed by atoms with E-state index in [1.54, 1.807) is 12.1 Å². The first-order valence-electron chi connectivity index (χ1n) is 6.81. The minimum atomic E-state index is -0.894. The molecule has 1 aliphatic heterocycles. The average molecular weight is 305 g/mol. The van der Waals surface area contributed by atoms with Gasteiger partial charge in [0.25, 0.3) is 0 Å². The summed E-state index contributed by atoms with van der Waals surface area (Å²) < 4.78 is 39.1. The van der Waals surface area contributed by atoms with Crippen molar-refractivity contribution < 1.29 is 13.2 Å². The fourth-order valence-electron chi connectivity index (χ4n) is 2.43. The topological polar surface area (TPSA) is 41.6 Å². The fourth-order valence-corrected chi connectivity index (χ4v) is 2.43. The lowest BCUT2D eigenvalue weighted by molar-refractivity contribution is 0.442. The van der Waals surface area contributed by atoms with Crippen molar-refractivity contribution in [3.63, 3.8) is 0 Å². The summed E-state index contributed by atoms with van der Waals surface area (Å²) in [7, 11) is 0. The molecular weight excluding hydrogens is 291 g/mol. The number of hydrogen-bond donors (Lipinski definition) is 1. The lowest BCUT2D eigenvalue weighted by atomic mass is 10.1. The third kappa shape index (κ3) is 2.96. The Labute approximate surface area is 125 Å². The first-order valence-corrected chi connectivity index (χ1v) is 6.81. The molecule has 0 radical (unpaired) electrons. The summed E-state index contributed by atoms with van der Waals surface area (Å²) in [4.78, 5) is 4.50. The van der Waals surface area contributed by atoms with E-state index in [0.717, 1.165) is 17.7 Å². The maximum absolute atomic E-state index is 13.2. The zero-order valence-electron chi connectivity index (χ0n) is 11.6. The second-order valence-corrected chi connectivity index (χ2v) is 5.19. The molecule has 3 rings (SSSR count). The quantitative estimate of drug-likeness (QED) is 0.886. The van der Waals surface area contributed by atoms with E-state index in [1.165, 1.54) is 23.2 Å². The lowest BCUT2D eigenvalue weighted by Crippen LogP contribution is -2.35. The van der Waals surface area contributed by atoms with Crippen LogP contribution in [0.5, 0.6) is 0 Å². The normalized spacial score (nSPS) is 17.7. The molecule has 0 fully saturated rings. The number of nitrogens with two attached hydrogens (primary N) is 1. The molecule has 1 aliphatic rings. The number of rotatable bonds is 3. The Hall–Kier alpha value is -2.34. The molecule has 0 amide bonds. The van der Waals surface area contributed by atoms with E-state index in [1.807, 2.05) is 0 Å². The van der Waals surface area contributed by atoms with Gasteiger partial charge in [-0.15, -0.1) is 0 Å². The molecule has 114 valence electrons. The highest BCUT2D eigenvalue weighted by atomic mass is 19.2. The predicted octanol–water partition coefficient (Wildman–Crippen LogP) is 2.98. The third-order valence-electron chi connectivity index (χ3n) is 3.61. The summed E-state index contributed by atoms with van der Waals surface area (Å²) in [6.45, 7) is 0.463. The van der Waals surface area contributed by atoms with Gasteiger partial charge >= 0.3 is 0 Å². The molecule has 0 saturated carbocycles. The summed E-state index contributed by atoms with van der Waals surface area (Å²) >= 11 is 0. The van der Waals surface area contributed by atoms with E-state index in [0.29, 0.717) is 24.4 Å². The van der Waals surface area contributed by atoms with Crippen LogP contribution in [0.4, 0.5) is 13.2 Å². The highest BCUT2D eigenvalue weighted by Gasteiger charge is 2.24. The summed E-state index contributed by atoms with van der Waals surface area (Å²) in [6.07, 6.45) is 0.311. The summed E-state index contributed by atoms with van der Waals surface area (Å²) in [5.74, 6) is 4.41. The minimum Gasteiger partial charge on any atom is -0.296 e.